The average Bonchev–Trinajstić information content (AvgIpc) is 2.40. The minimum Gasteiger partial charge on any atom is -0.396 e. The first-order valence-corrected chi connectivity index (χ1v) is 7.71. The zero-order chi connectivity index (χ0) is 13.7. The molecule has 0 saturated heterocycles. The van der Waals surface area contributed by atoms with E-state index in [1.54, 1.807) is 6.20 Å². The lowest BCUT2D eigenvalue weighted by Crippen LogP contribution is -2.13. The summed E-state index contributed by atoms with van der Waals surface area (Å²) in [5.74, 6) is 0.197. The second-order valence-corrected chi connectivity index (χ2v) is 6.39. The maximum Gasteiger partial charge on any atom is 0.0466 e. The minimum absolute atomic E-state index is 0.171. The number of aliphatic hydroxyl groups is 1. The molecule has 2 rings (SSSR count). The molecule has 0 aliphatic carbocycles. The van der Waals surface area contributed by atoms with Crippen molar-refractivity contribution in [2.45, 2.75) is 12.8 Å². The molecule has 0 aliphatic heterocycles. The van der Waals surface area contributed by atoms with Gasteiger partial charge in [0.15, 0.2) is 0 Å². The third-order valence-electron chi connectivity index (χ3n) is 2.96. The summed E-state index contributed by atoms with van der Waals surface area (Å²) in [6.45, 7) is 0.171. The summed E-state index contributed by atoms with van der Waals surface area (Å²) in [5.41, 5.74) is 2.24. The first-order valence-electron chi connectivity index (χ1n) is 6.13. The number of halogens is 2. The number of benzene rings is 1. The molecule has 0 saturated carbocycles. The molecule has 19 heavy (non-hydrogen) atoms. The molecule has 4 heteroatoms. The summed E-state index contributed by atoms with van der Waals surface area (Å²) in [6, 6.07) is 12.2. The fourth-order valence-electron chi connectivity index (χ4n) is 2.02. The molecule has 0 aliphatic rings. The van der Waals surface area contributed by atoms with Gasteiger partial charge >= 0.3 is 0 Å². The number of aliphatic hydroxyl groups excluding tert-OH is 1. The fraction of sp³-hybridized carbons (Fsp3) is 0.267. The van der Waals surface area contributed by atoms with E-state index in [1.165, 1.54) is 5.56 Å². The van der Waals surface area contributed by atoms with E-state index in [0.29, 0.717) is 0 Å². The minimum atomic E-state index is 0.171. The number of pyridine rings is 1. The molecule has 0 spiro atoms. The second-order valence-electron chi connectivity index (χ2n) is 4.55. The first kappa shape index (κ1) is 14.7. The molecule has 0 amide bonds. The smallest absolute Gasteiger partial charge is 0.0466 e. The van der Waals surface area contributed by atoms with Crippen molar-refractivity contribution in [3.8, 4) is 0 Å². The van der Waals surface area contributed by atoms with Gasteiger partial charge in [0, 0.05) is 27.4 Å². The standard InChI is InChI=1S/C15H15Br2NO/c16-13-3-1-2-11(7-13)6-12(10-19)8-15-5-4-14(17)9-18-15/h1-5,7,9,12,19H,6,8,10H2. The van der Waals surface area contributed by atoms with Crippen LogP contribution in [0.2, 0.25) is 0 Å². The molecular formula is C15H15Br2NO. The monoisotopic (exact) mass is 383 g/mol. The van der Waals surface area contributed by atoms with Gasteiger partial charge in [0.05, 0.1) is 0 Å². The van der Waals surface area contributed by atoms with Crippen LogP contribution in [0.1, 0.15) is 11.3 Å². The zero-order valence-electron chi connectivity index (χ0n) is 10.4. The Labute approximate surface area is 130 Å². The van der Waals surface area contributed by atoms with Crippen molar-refractivity contribution in [2.75, 3.05) is 6.61 Å². The van der Waals surface area contributed by atoms with Crippen molar-refractivity contribution in [2.24, 2.45) is 5.92 Å². The molecule has 1 N–H and O–H groups in total. The highest BCUT2D eigenvalue weighted by molar-refractivity contribution is 9.10. The van der Waals surface area contributed by atoms with Crippen LogP contribution in [0.5, 0.6) is 0 Å². The van der Waals surface area contributed by atoms with E-state index >= 15 is 0 Å². The number of hydrogen-bond acceptors (Lipinski definition) is 2. The van der Waals surface area contributed by atoms with Crippen molar-refractivity contribution in [3.05, 3.63) is 62.8 Å². The summed E-state index contributed by atoms with van der Waals surface area (Å²) < 4.78 is 2.05. The van der Waals surface area contributed by atoms with Crippen LogP contribution < -0.4 is 0 Å². The van der Waals surface area contributed by atoms with Crippen LogP contribution >= 0.6 is 31.9 Å². The number of aromatic nitrogens is 1. The first-order chi connectivity index (χ1) is 9.17. The van der Waals surface area contributed by atoms with Gasteiger partial charge < -0.3 is 5.11 Å². The van der Waals surface area contributed by atoms with Crippen LogP contribution in [0.25, 0.3) is 0 Å². The maximum atomic E-state index is 9.52. The molecule has 2 nitrogen and oxygen atoms in total. The van der Waals surface area contributed by atoms with Gasteiger partial charge in [-0.25, -0.2) is 0 Å². The van der Waals surface area contributed by atoms with E-state index in [-0.39, 0.29) is 12.5 Å². The van der Waals surface area contributed by atoms with E-state index < -0.39 is 0 Å². The van der Waals surface area contributed by atoms with Gasteiger partial charge in [0.25, 0.3) is 0 Å². The zero-order valence-corrected chi connectivity index (χ0v) is 13.6. The lowest BCUT2D eigenvalue weighted by molar-refractivity contribution is 0.224. The van der Waals surface area contributed by atoms with Gasteiger partial charge in [-0.05, 0) is 64.5 Å². The highest BCUT2D eigenvalue weighted by Crippen LogP contribution is 2.18. The molecule has 1 heterocycles. The van der Waals surface area contributed by atoms with Gasteiger partial charge in [-0.15, -0.1) is 0 Å². The van der Waals surface area contributed by atoms with Crippen LogP contribution in [-0.2, 0) is 12.8 Å². The topological polar surface area (TPSA) is 33.1 Å². The Kier molecular flexibility index (Phi) is 5.55. The largest absolute Gasteiger partial charge is 0.396 e. The van der Waals surface area contributed by atoms with Crippen LogP contribution in [-0.4, -0.2) is 16.7 Å². The van der Waals surface area contributed by atoms with E-state index in [4.69, 9.17) is 0 Å². The van der Waals surface area contributed by atoms with Crippen LogP contribution in [0.3, 0.4) is 0 Å². The van der Waals surface area contributed by atoms with Crippen molar-refractivity contribution in [1.29, 1.82) is 0 Å². The van der Waals surface area contributed by atoms with Crippen molar-refractivity contribution in [3.63, 3.8) is 0 Å². The summed E-state index contributed by atoms with van der Waals surface area (Å²) >= 11 is 6.84. The Morgan fingerprint density at radius 1 is 1.05 bits per heavy atom. The van der Waals surface area contributed by atoms with Crippen LogP contribution in [0.15, 0.2) is 51.5 Å². The van der Waals surface area contributed by atoms with Gasteiger partial charge in [0.2, 0.25) is 0 Å². The van der Waals surface area contributed by atoms with Gasteiger partial charge in [-0.1, -0.05) is 28.1 Å². The molecule has 1 unspecified atom stereocenters. The predicted molar refractivity (Wildman–Crippen MR) is 84.1 cm³/mol. The van der Waals surface area contributed by atoms with E-state index in [9.17, 15) is 5.11 Å². The Balaban J connectivity index is 2.02. The summed E-state index contributed by atoms with van der Waals surface area (Å²) in [6.07, 6.45) is 3.44. The Morgan fingerprint density at radius 2 is 1.89 bits per heavy atom. The number of rotatable bonds is 5. The van der Waals surface area contributed by atoms with Gasteiger partial charge in [-0.2, -0.15) is 0 Å². The molecule has 1 aromatic heterocycles. The highest BCUT2D eigenvalue weighted by atomic mass is 79.9. The Bertz CT molecular complexity index is 528. The molecule has 1 atom stereocenters. The van der Waals surface area contributed by atoms with E-state index in [0.717, 1.165) is 27.5 Å². The quantitative estimate of drug-likeness (QED) is 0.844. The summed E-state index contributed by atoms with van der Waals surface area (Å²) in [5, 5.41) is 9.52. The second kappa shape index (κ2) is 7.17. The lowest BCUT2D eigenvalue weighted by Gasteiger charge is -2.14. The lowest BCUT2D eigenvalue weighted by atomic mass is 9.95. The third-order valence-corrected chi connectivity index (χ3v) is 3.92. The van der Waals surface area contributed by atoms with Crippen molar-refractivity contribution in [1.82, 2.24) is 4.98 Å². The van der Waals surface area contributed by atoms with Crippen molar-refractivity contribution >= 4 is 31.9 Å². The molecule has 100 valence electrons. The van der Waals surface area contributed by atoms with Crippen LogP contribution in [0, 0.1) is 5.92 Å². The van der Waals surface area contributed by atoms with Crippen molar-refractivity contribution < 1.29 is 5.11 Å². The molecule has 0 fully saturated rings. The fourth-order valence-corrected chi connectivity index (χ4v) is 2.70. The highest BCUT2D eigenvalue weighted by Gasteiger charge is 2.11. The third kappa shape index (κ3) is 4.71. The molecule has 0 bridgehead atoms. The van der Waals surface area contributed by atoms with E-state index in [2.05, 4.69) is 49.0 Å². The predicted octanol–water partition coefficient (Wildman–Crippen LogP) is 4.00. The number of nitrogens with zero attached hydrogens (tertiary/aromatic N) is 1. The Hall–Kier alpha value is -0.710. The molecule has 1 aromatic carbocycles. The molecular weight excluding hydrogens is 370 g/mol. The van der Waals surface area contributed by atoms with Gasteiger partial charge in [0.1, 0.15) is 0 Å². The van der Waals surface area contributed by atoms with Crippen LogP contribution in [0.4, 0.5) is 0 Å². The normalized spacial score (nSPS) is 12.4. The summed E-state index contributed by atoms with van der Waals surface area (Å²) in [7, 11) is 0. The number of hydrogen-bond donors (Lipinski definition) is 1. The summed E-state index contributed by atoms with van der Waals surface area (Å²) in [4.78, 5) is 4.36. The van der Waals surface area contributed by atoms with Gasteiger partial charge in [-0.3, -0.25) is 4.98 Å². The SMILES string of the molecule is OCC(Cc1cccc(Br)c1)Cc1ccc(Br)cn1. The molecule has 0 radical (unpaired) electrons. The maximum absolute atomic E-state index is 9.52. The molecule has 2 aromatic rings. The Morgan fingerprint density at radius 3 is 2.53 bits per heavy atom. The average molecular weight is 385 g/mol. The van der Waals surface area contributed by atoms with E-state index in [1.807, 2.05) is 24.3 Å².